The minimum atomic E-state index is -0.949. The van der Waals surface area contributed by atoms with Crippen LogP contribution in [0.25, 0.3) is 0 Å². The SMILES string of the molecule is COc1cccc(N2C(=O)C3ON(c4ccccc4)C(c4ccc(C#N)cc4)C3C2=O)c1. The first-order chi connectivity index (χ1) is 15.6. The molecule has 2 aliphatic heterocycles. The van der Waals surface area contributed by atoms with Gasteiger partial charge in [0.15, 0.2) is 6.10 Å². The van der Waals surface area contributed by atoms with Gasteiger partial charge in [-0.25, -0.2) is 9.96 Å². The fourth-order valence-electron chi connectivity index (χ4n) is 4.31. The molecule has 158 valence electrons. The van der Waals surface area contributed by atoms with Crippen LogP contribution < -0.4 is 14.7 Å². The highest BCUT2D eigenvalue weighted by Gasteiger charge is 2.60. The number of carbonyl (C=O) groups is 2. The Balaban J connectivity index is 1.58. The van der Waals surface area contributed by atoms with E-state index in [0.29, 0.717) is 17.0 Å². The Labute approximate surface area is 185 Å². The molecule has 2 fully saturated rings. The number of benzene rings is 3. The van der Waals surface area contributed by atoms with Crippen LogP contribution in [0.1, 0.15) is 17.2 Å². The summed E-state index contributed by atoms with van der Waals surface area (Å²) in [7, 11) is 1.53. The average molecular weight is 425 g/mol. The first kappa shape index (κ1) is 19.8. The number of nitriles is 1. The van der Waals surface area contributed by atoms with Gasteiger partial charge in [0.25, 0.3) is 5.91 Å². The molecular formula is C25H19N3O4. The summed E-state index contributed by atoms with van der Waals surface area (Å²) in [6.07, 6.45) is -0.949. The molecule has 7 nitrogen and oxygen atoms in total. The van der Waals surface area contributed by atoms with Crippen molar-refractivity contribution in [3.05, 3.63) is 90.0 Å². The Morgan fingerprint density at radius 1 is 0.906 bits per heavy atom. The van der Waals surface area contributed by atoms with E-state index in [1.165, 1.54) is 12.0 Å². The van der Waals surface area contributed by atoms with Crippen molar-refractivity contribution in [3.63, 3.8) is 0 Å². The largest absolute Gasteiger partial charge is 0.497 e. The second-order valence-corrected chi connectivity index (χ2v) is 7.61. The number of hydrogen-bond acceptors (Lipinski definition) is 6. The lowest BCUT2D eigenvalue weighted by Crippen LogP contribution is -2.37. The predicted molar refractivity (Wildman–Crippen MR) is 117 cm³/mol. The average Bonchev–Trinajstić information content (AvgIpc) is 3.35. The summed E-state index contributed by atoms with van der Waals surface area (Å²) in [5.41, 5.74) is 2.49. The molecule has 0 spiro atoms. The maximum absolute atomic E-state index is 13.6. The minimum absolute atomic E-state index is 0.332. The number of hydroxylamine groups is 1. The van der Waals surface area contributed by atoms with Gasteiger partial charge in [-0.2, -0.15) is 5.26 Å². The monoisotopic (exact) mass is 425 g/mol. The molecule has 3 unspecified atom stereocenters. The molecule has 3 aromatic carbocycles. The summed E-state index contributed by atoms with van der Waals surface area (Å²) < 4.78 is 5.25. The van der Waals surface area contributed by atoms with Gasteiger partial charge in [0.05, 0.1) is 36.2 Å². The van der Waals surface area contributed by atoms with Crippen LogP contribution in [0.15, 0.2) is 78.9 Å². The molecule has 7 heteroatoms. The van der Waals surface area contributed by atoms with Crippen molar-refractivity contribution in [2.75, 3.05) is 17.1 Å². The van der Waals surface area contributed by atoms with Crippen LogP contribution in [0, 0.1) is 17.2 Å². The quantitative estimate of drug-likeness (QED) is 0.594. The Morgan fingerprint density at radius 2 is 1.62 bits per heavy atom. The Kier molecular flexibility index (Phi) is 4.85. The highest BCUT2D eigenvalue weighted by Crippen LogP contribution is 2.47. The molecule has 2 saturated heterocycles. The number of para-hydroxylation sites is 1. The van der Waals surface area contributed by atoms with Crippen LogP contribution in [0.4, 0.5) is 11.4 Å². The van der Waals surface area contributed by atoms with Crippen molar-refractivity contribution < 1.29 is 19.2 Å². The van der Waals surface area contributed by atoms with Crippen molar-refractivity contribution in [1.82, 2.24) is 0 Å². The first-order valence-electron chi connectivity index (χ1n) is 10.2. The third-order valence-corrected chi connectivity index (χ3v) is 5.82. The number of ether oxygens (including phenoxy) is 1. The Bertz CT molecular complexity index is 1220. The van der Waals surface area contributed by atoms with Gasteiger partial charge in [-0.1, -0.05) is 36.4 Å². The van der Waals surface area contributed by atoms with Crippen LogP contribution in [-0.2, 0) is 14.4 Å². The number of nitrogens with zero attached hydrogens (tertiary/aromatic N) is 3. The number of imide groups is 1. The van der Waals surface area contributed by atoms with E-state index < -0.39 is 24.0 Å². The minimum Gasteiger partial charge on any atom is -0.497 e. The lowest BCUT2D eigenvalue weighted by Gasteiger charge is -2.28. The number of carbonyl (C=O) groups excluding carboxylic acids is 2. The van der Waals surface area contributed by atoms with E-state index >= 15 is 0 Å². The summed E-state index contributed by atoms with van der Waals surface area (Å²) in [5.74, 6) is -0.927. The maximum Gasteiger partial charge on any atom is 0.266 e. The van der Waals surface area contributed by atoms with Crippen molar-refractivity contribution in [1.29, 1.82) is 5.26 Å². The molecule has 2 aliphatic rings. The van der Waals surface area contributed by atoms with Gasteiger partial charge < -0.3 is 4.74 Å². The number of methoxy groups -OCH3 is 1. The molecule has 0 saturated carbocycles. The Morgan fingerprint density at radius 3 is 2.31 bits per heavy atom. The molecule has 0 bridgehead atoms. The molecular weight excluding hydrogens is 406 g/mol. The third-order valence-electron chi connectivity index (χ3n) is 5.82. The summed E-state index contributed by atoms with van der Waals surface area (Å²) >= 11 is 0. The number of amides is 2. The zero-order valence-electron chi connectivity index (χ0n) is 17.2. The van der Waals surface area contributed by atoms with Crippen molar-refractivity contribution >= 4 is 23.2 Å². The van der Waals surface area contributed by atoms with Gasteiger partial charge in [0.2, 0.25) is 5.91 Å². The van der Waals surface area contributed by atoms with Gasteiger partial charge in [-0.3, -0.25) is 14.4 Å². The highest BCUT2D eigenvalue weighted by atomic mass is 16.7. The molecule has 32 heavy (non-hydrogen) atoms. The maximum atomic E-state index is 13.6. The van der Waals surface area contributed by atoms with Gasteiger partial charge in [-0.05, 0) is 42.0 Å². The van der Waals surface area contributed by atoms with E-state index in [2.05, 4.69) is 6.07 Å². The molecule has 5 rings (SSSR count). The standard InChI is InChI=1S/C25H19N3O4/c1-31-20-9-5-8-19(14-20)27-24(29)21-22(17-12-10-16(15-26)11-13-17)28(32-23(21)25(27)30)18-6-3-2-4-7-18/h2-14,21-23H,1H3. The summed E-state index contributed by atoms with van der Waals surface area (Å²) in [6.45, 7) is 0. The molecule has 0 radical (unpaired) electrons. The number of hydrogen-bond donors (Lipinski definition) is 0. The van der Waals surface area contributed by atoms with Crippen LogP contribution in [0.3, 0.4) is 0 Å². The topological polar surface area (TPSA) is 82.9 Å². The van der Waals surface area contributed by atoms with Crippen molar-refractivity contribution in [2.24, 2.45) is 5.92 Å². The van der Waals surface area contributed by atoms with Crippen LogP contribution >= 0.6 is 0 Å². The normalized spacial score (nSPS) is 22.1. The van der Waals surface area contributed by atoms with Crippen LogP contribution in [0.2, 0.25) is 0 Å². The smallest absolute Gasteiger partial charge is 0.266 e. The first-order valence-corrected chi connectivity index (χ1v) is 10.2. The van der Waals surface area contributed by atoms with E-state index in [1.807, 2.05) is 30.3 Å². The lowest BCUT2D eigenvalue weighted by atomic mass is 9.90. The van der Waals surface area contributed by atoms with Gasteiger partial charge in [0.1, 0.15) is 11.7 Å². The fraction of sp³-hybridized carbons (Fsp3) is 0.160. The summed E-state index contributed by atoms with van der Waals surface area (Å²) in [4.78, 5) is 34.2. The third kappa shape index (κ3) is 3.09. The molecule has 0 N–H and O–H groups in total. The van der Waals surface area contributed by atoms with Crippen molar-refractivity contribution in [3.8, 4) is 11.8 Å². The Hall–Kier alpha value is -4.15. The van der Waals surface area contributed by atoms with Crippen LogP contribution in [0.5, 0.6) is 5.75 Å². The van der Waals surface area contributed by atoms with E-state index in [9.17, 15) is 9.59 Å². The number of fused-ring (bicyclic) bond motifs is 1. The van der Waals surface area contributed by atoms with E-state index in [0.717, 1.165) is 11.3 Å². The molecule has 0 aromatic heterocycles. The summed E-state index contributed by atoms with van der Waals surface area (Å²) in [6, 6.07) is 24.8. The van der Waals surface area contributed by atoms with Gasteiger partial charge >= 0.3 is 0 Å². The van der Waals surface area contributed by atoms with Crippen molar-refractivity contribution in [2.45, 2.75) is 12.1 Å². The second-order valence-electron chi connectivity index (χ2n) is 7.61. The fourth-order valence-corrected chi connectivity index (χ4v) is 4.31. The van der Waals surface area contributed by atoms with Gasteiger partial charge in [-0.15, -0.1) is 0 Å². The van der Waals surface area contributed by atoms with Crippen LogP contribution in [-0.4, -0.2) is 25.0 Å². The zero-order valence-corrected chi connectivity index (χ0v) is 17.2. The number of anilines is 2. The molecule has 0 aliphatic carbocycles. The lowest BCUT2D eigenvalue weighted by molar-refractivity contribution is -0.126. The van der Waals surface area contributed by atoms with E-state index in [4.69, 9.17) is 14.8 Å². The molecule has 3 aromatic rings. The second kappa shape index (κ2) is 7.84. The predicted octanol–water partition coefficient (Wildman–Crippen LogP) is 3.62. The number of rotatable bonds is 4. The zero-order chi connectivity index (χ0) is 22.2. The van der Waals surface area contributed by atoms with Gasteiger partial charge in [0, 0.05) is 6.07 Å². The molecule has 2 heterocycles. The molecule has 3 atom stereocenters. The van der Waals surface area contributed by atoms with E-state index in [1.54, 1.807) is 53.6 Å². The van der Waals surface area contributed by atoms with E-state index in [-0.39, 0.29) is 5.91 Å². The summed E-state index contributed by atoms with van der Waals surface area (Å²) in [5, 5.41) is 10.8. The molecule has 2 amide bonds. The highest BCUT2D eigenvalue weighted by molar-refractivity contribution is 6.24.